The molecule has 1 aromatic heterocycles. The maximum Gasteiger partial charge on any atom is 0.136 e. The molecule has 0 unspecified atom stereocenters. The Hall–Kier alpha value is -2.10. The molecule has 1 aliphatic carbocycles. The monoisotopic (exact) mass is 268 g/mol. The van der Waals surface area contributed by atoms with Gasteiger partial charge in [-0.05, 0) is 44.7 Å². The number of rotatable bonds is 4. The van der Waals surface area contributed by atoms with Crippen molar-refractivity contribution in [3.05, 3.63) is 41.2 Å². The number of nitrogens with one attached hydrogen (secondary N) is 2. The lowest BCUT2D eigenvalue weighted by Crippen LogP contribution is -2.07. The van der Waals surface area contributed by atoms with Crippen LogP contribution in [0.5, 0.6) is 0 Å². The van der Waals surface area contributed by atoms with Crippen molar-refractivity contribution >= 4 is 17.3 Å². The maximum atomic E-state index is 4.48. The second-order valence-electron chi connectivity index (χ2n) is 5.50. The van der Waals surface area contributed by atoms with E-state index in [1.807, 2.05) is 13.0 Å². The van der Waals surface area contributed by atoms with Crippen LogP contribution < -0.4 is 10.6 Å². The van der Waals surface area contributed by atoms with Gasteiger partial charge in [0.25, 0.3) is 0 Å². The Morgan fingerprint density at radius 3 is 2.30 bits per heavy atom. The molecule has 1 saturated carbocycles. The van der Waals surface area contributed by atoms with Gasteiger partial charge in [-0.3, -0.25) is 0 Å². The molecule has 4 heteroatoms. The molecule has 20 heavy (non-hydrogen) atoms. The number of benzene rings is 1. The van der Waals surface area contributed by atoms with Gasteiger partial charge >= 0.3 is 0 Å². The first-order chi connectivity index (χ1) is 9.61. The van der Waals surface area contributed by atoms with Crippen LogP contribution in [0, 0.1) is 20.8 Å². The summed E-state index contributed by atoms with van der Waals surface area (Å²) >= 11 is 0. The zero-order valence-corrected chi connectivity index (χ0v) is 12.2. The van der Waals surface area contributed by atoms with Gasteiger partial charge in [0.15, 0.2) is 0 Å². The van der Waals surface area contributed by atoms with Gasteiger partial charge in [-0.25, -0.2) is 9.97 Å². The van der Waals surface area contributed by atoms with E-state index in [4.69, 9.17) is 0 Å². The number of para-hydroxylation sites is 1. The number of nitrogens with zero attached hydrogens (tertiary/aromatic N) is 2. The van der Waals surface area contributed by atoms with Crippen LogP contribution in [-0.2, 0) is 0 Å². The minimum atomic E-state index is 0.595. The van der Waals surface area contributed by atoms with E-state index in [0.29, 0.717) is 6.04 Å². The molecule has 0 spiro atoms. The van der Waals surface area contributed by atoms with E-state index >= 15 is 0 Å². The zero-order chi connectivity index (χ0) is 14.1. The average molecular weight is 268 g/mol. The lowest BCUT2D eigenvalue weighted by atomic mass is 10.1. The lowest BCUT2D eigenvalue weighted by Gasteiger charge is -2.13. The predicted octanol–water partition coefficient (Wildman–Crippen LogP) is 3.72. The molecule has 104 valence electrons. The number of hydrogen-bond acceptors (Lipinski definition) is 4. The van der Waals surface area contributed by atoms with Gasteiger partial charge in [-0.1, -0.05) is 18.2 Å². The third kappa shape index (κ3) is 2.90. The SMILES string of the molecule is Cc1nc(Nc2c(C)cccc2C)cc(NC2CC2)n1. The summed E-state index contributed by atoms with van der Waals surface area (Å²) in [5.74, 6) is 2.54. The molecule has 2 N–H and O–H groups in total. The Balaban J connectivity index is 1.87. The summed E-state index contributed by atoms with van der Waals surface area (Å²) in [6, 6.07) is 8.86. The van der Waals surface area contributed by atoms with Gasteiger partial charge in [0, 0.05) is 17.8 Å². The molecule has 0 saturated heterocycles. The summed E-state index contributed by atoms with van der Waals surface area (Å²) in [7, 11) is 0. The topological polar surface area (TPSA) is 49.8 Å². The number of anilines is 3. The number of hydrogen-bond donors (Lipinski definition) is 2. The van der Waals surface area contributed by atoms with Gasteiger partial charge in [0.1, 0.15) is 17.5 Å². The standard InChI is InChI=1S/C16H20N4/c1-10-5-4-6-11(2)16(10)20-15-9-14(17-12(3)18-15)19-13-7-8-13/h4-6,9,13H,7-8H2,1-3H3,(H2,17,18,19,20). The van der Waals surface area contributed by atoms with Crippen molar-refractivity contribution in [3.63, 3.8) is 0 Å². The number of aromatic nitrogens is 2. The molecule has 0 bridgehead atoms. The fourth-order valence-electron chi connectivity index (χ4n) is 2.28. The van der Waals surface area contributed by atoms with E-state index in [9.17, 15) is 0 Å². The Bertz CT molecular complexity index is 612. The van der Waals surface area contributed by atoms with Gasteiger partial charge in [-0.2, -0.15) is 0 Å². The van der Waals surface area contributed by atoms with Crippen molar-refractivity contribution < 1.29 is 0 Å². The van der Waals surface area contributed by atoms with Gasteiger partial charge < -0.3 is 10.6 Å². The first-order valence-electron chi connectivity index (χ1n) is 7.07. The predicted molar refractivity (Wildman–Crippen MR) is 82.6 cm³/mol. The van der Waals surface area contributed by atoms with Crippen molar-refractivity contribution in [1.82, 2.24) is 9.97 Å². The molecule has 0 radical (unpaired) electrons. The minimum absolute atomic E-state index is 0.595. The molecule has 0 amide bonds. The minimum Gasteiger partial charge on any atom is -0.367 e. The summed E-state index contributed by atoms with van der Waals surface area (Å²) in [4.78, 5) is 8.92. The molecule has 0 atom stereocenters. The molecular weight excluding hydrogens is 248 g/mol. The smallest absolute Gasteiger partial charge is 0.136 e. The largest absolute Gasteiger partial charge is 0.367 e. The summed E-state index contributed by atoms with van der Waals surface area (Å²) in [5.41, 5.74) is 3.57. The van der Waals surface area contributed by atoms with Crippen molar-refractivity contribution in [3.8, 4) is 0 Å². The molecule has 0 aliphatic heterocycles. The van der Waals surface area contributed by atoms with Crippen molar-refractivity contribution in [2.75, 3.05) is 10.6 Å². The first kappa shape index (κ1) is 12.9. The van der Waals surface area contributed by atoms with Crippen LogP contribution >= 0.6 is 0 Å². The summed E-state index contributed by atoms with van der Waals surface area (Å²) < 4.78 is 0. The second-order valence-corrected chi connectivity index (χ2v) is 5.50. The van der Waals surface area contributed by atoms with Crippen molar-refractivity contribution in [1.29, 1.82) is 0 Å². The molecule has 1 aromatic carbocycles. The Kier molecular flexibility index (Phi) is 3.30. The molecule has 1 heterocycles. The number of aryl methyl sites for hydroxylation is 3. The summed E-state index contributed by atoms with van der Waals surface area (Å²) in [6.45, 7) is 6.13. The van der Waals surface area contributed by atoms with E-state index in [2.05, 4.69) is 52.6 Å². The van der Waals surface area contributed by atoms with Crippen LogP contribution in [0.2, 0.25) is 0 Å². The normalized spacial score (nSPS) is 14.2. The fraction of sp³-hybridized carbons (Fsp3) is 0.375. The van der Waals surface area contributed by atoms with Crippen LogP contribution in [0.15, 0.2) is 24.3 Å². The Labute approximate surface area is 119 Å². The molecule has 1 fully saturated rings. The highest BCUT2D eigenvalue weighted by Gasteiger charge is 2.21. The lowest BCUT2D eigenvalue weighted by molar-refractivity contribution is 1.02. The summed E-state index contributed by atoms with van der Waals surface area (Å²) in [6.07, 6.45) is 2.48. The van der Waals surface area contributed by atoms with Crippen molar-refractivity contribution in [2.24, 2.45) is 0 Å². The van der Waals surface area contributed by atoms with Gasteiger partial charge in [0.2, 0.25) is 0 Å². The zero-order valence-electron chi connectivity index (χ0n) is 12.2. The Morgan fingerprint density at radius 2 is 1.65 bits per heavy atom. The molecule has 2 aromatic rings. The van der Waals surface area contributed by atoms with Crippen LogP contribution in [0.3, 0.4) is 0 Å². The highest BCUT2D eigenvalue weighted by molar-refractivity contribution is 5.66. The van der Waals surface area contributed by atoms with Gasteiger partial charge in [-0.15, -0.1) is 0 Å². The highest BCUT2D eigenvalue weighted by atomic mass is 15.1. The third-order valence-electron chi connectivity index (χ3n) is 3.50. The van der Waals surface area contributed by atoms with E-state index in [0.717, 1.165) is 23.1 Å². The summed E-state index contributed by atoms with van der Waals surface area (Å²) in [5, 5.41) is 6.85. The first-order valence-corrected chi connectivity index (χ1v) is 7.07. The van der Waals surface area contributed by atoms with E-state index in [1.165, 1.54) is 24.0 Å². The van der Waals surface area contributed by atoms with Crippen molar-refractivity contribution in [2.45, 2.75) is 39.7 Å². The third-order valence-corrected chi connectivity index (χ3v) is 3.50. The van der Waals surface area contributed by atoms with Crippen LogP contribution in [0.4, 0.5) is 17.3 Å². The fourth-order valence-corrected chi connectivity index (χ4v) is 2.28. The van der Waals surface area contributed by atoms with E-state index < -0.39 is 0 Å². The quantitative estimate of drug-likeness (QED) is 0.887. The molecular formula is C16H20N4. The highest BCUT2D eigenvalue weighted by Crippen LogP contribution is 2.27. The van der Waals surface area contributed by atoms with Crippen LogP contribution in [-0.4, -0.2) is 16.0 Å². The Morgan fingerprint density at radius 1 is 1.00 bits per heavy atom. The second kappa shape index (κ2) is 5.12. The average Bonchev–Trinajstić information content (AvgIpc) is 3.17. The van der Waals surface area contributed by atoms with E-state index in [1.54, 1.807) is 0 Å². The molecule has 3 rings (SSSR count). The molecule has 4 nitrogen and oxygen atoms in total. The van der Waals surface area contributed by atoms with Crippen LogP contribution in [0.25, 0.3) is 0 Å². The van der Waals surface area contributed by atoms with Crippen LogP contribution in [0.1, 0.15) is 29.8 Å². The maximum absolute atomic E-state index is 4.48. The molecule has 1 aliphatic rings. The van der Waals surface area contributed by atoms with E-state index in [-0.39, 0.29) is 0 Å². The van der Waals surface area contributed by atoms with Gasteiger partial charge in [0.05, 0.1) is 0 Å².